The molecule has 0 bridgehead atoms. The maximum Gasteiger partial charge on any atom is 0.328 e. The maximum absolute atomic E-state index is 11.2. The van der Waals surface area contributed by atoms with Gasteiger partial charge >= 0.3 is 5.69 Å². The van der Waals surface area contributed by atoms with Crippen LogP contribution >= 0.6 is 0 Å². The van der Waals surface area contributed by atoms with Gasteiger partial charge in [0.2, 0.25) is 0 Å². The van der Waals surface area contributed by atoms with Gasteiger partial charge in [-0.05, 0) is 19.4 Å². The first-order valence-corrected chi connectivity index (χ1v) is 4.15. The van der Waals surface area contributed by atoms with Gasteiger partial charge in [-0.15, -0.1) is 0 Å². The van der Waals surface area contributed by atoms with Gasteiger partial charge in [-0.25, -0.2) is 4.79 Å². The number of aryl methyl sites for hydroxylation is 1. The van der Waals surface area contributed by atoms with Gasteiger partial charge in [0.25, 0.3) is 5.56 Å². The van der Waals surface area contributed by atoms with Gasteiger partial charge in [-0.2, -0.15) is 0 Å². The average Bonchev–Trinajstić information content (AvgIpc) is 2.14. The molecule has 3 N–H and O–H groups in total. The number of nitrogens with two attached hydrogens (primary N) is 1. The number of aromatic nitrogens is 2. The summed E-state index contributed by atoms with van der Waals surface area (Å²) in [6, 6.07) is -0.197. The van der Waals surface area contributed by atoms with Crippen LogP contribution in [0.2, 0.25) is 0 Å². The quantitative estimate of drug-likeness (QED) is 0.606. The Bertz CT molecular complexity index is 410. The molecule has 0 amide bonds. The Morgan fingerprint density at radius 3 is 3.00 bits per heavy atom. The van der Waals surface area contributed by atoms with Gasteiger partial charge < -0.3 is 10.3 Å². The molecule has 1 rings (SSSR count). The highest BCUT2D eigenvalue weighted by atomic mass is 16.2. The number of nitrogens with zero attached hydrogens (tertiary/aromatic N) is 1. The highest BCUT2D eigenvalue weighted by molar-refractivity contribution is 4.82. The number of unbranched alkanes of at least 4 members (excludes halogenated alkanes) is 1. The van der Waals surface area contributed by atoms with E-state index in [0.717, 1.165) is 12.8 Å². The van der Waals surface area contributed by atoms with Crippen molar-refractivity contribution in [1.82, 2.24) is 9.55 Å². The van der Waals surface area contributed by atoms with Crippen molar-refractivity contribution in [3.8, 4) is 0 Å². The lowest BCUT2D eigenvalue weighted by molar-refractivity contribution is 0.584. The van der Waals surface area contributed by atoms with E-state index in [-0.39, 0.29) is 6.04 Å². The van der Waals surface area contributed by atoms with Gasteiger partial charge in [0.15, 0.2) is 0 Å². The molecule has 13 heavy (non-hydrogen) atoms. The summed E-state index contributed by atoms with van der Waals surface area (Å²) in [4.78, 5) is 24.1. The van der Waals surface area contributed by atoms with Crippen LogP contribution in [0.25, 0.3) is 0 Å². The Balaban J connectivity index is 2.82. The van der Waals surface area contributed by atoms with E-state index in [0.29, 0.717) is 13.1 Å². The summed E-state index contributed by atoms with van der Waals surface area (Å²) < 4.78 is 8.53. The zero-order chi connectivity index (χ0) is 10.6. The topological polar surface area (TPSA) is 80.9 Å². The summed E-state index contributed by atoms with van der Waals surface area (Å²) in [5.41, 5.74) is 4.18. The molecular weight excluding hydrogens is 170 g/mol. The van der Waals surface area contributed by atoms with Gasteiger partial charge in [0, 0.05) is 18.8 Å². The molecule has 5 nitrogen and oxygen atoms in total. The van der Waals surface area contributed by atoms with Gasteiger partial charge in [0.1, 0.15) is 0 Å². The highest BCUT2D eigenvalue weighted by Crippen LogP contribution is 1.88. The molecule has 72 valence electrons. The van der Waals surface area contributed by atoms with E-state index in [9.17, 15) is 9.59 Å². The minimum absolute atomic E-state index is 0.197. The van der Waals surface area contributed by atoms with Crippen LogP contribution < -0.4 is 17.0 Å². The zero-order valence-corrected chi connectivity index (χ0v) is 7.25. The number of hydrogen-bond donors (Lipinski definition) is 2. The van der Waals surface area contributed by atoms with Crippen molar-refractivity contribution in [3.63, 3.8) is 0 Å². The predicted octanol–water partition coefficient (Wildman–Crippen LogP) is -0.724. The van der Waals surface area contributed by atoms with Crippen LogP contribution in [-0.2, 0) is 6.54 Å². The number of nitrogens with one attached hydrogen (secondary N) is 1. The lowest BCUT2D eigenvalue weighted by Gasteiger charge is -2.02. The predicted molar refractivity (Wildman–Crippen MR) is 49.6 cm³/mol. The SMILES string of the molecule is [2H]c1cn(CCCCN)c(=O)[nH]c1=O. The Labute approximate surface area is 76.6 Å². The summed E-state index contributed by atoms with van der Waals surface area (Å²) in [6.45, 7) is 1.06. The van der Waals surface area contributed by atoms with Crippen LogP contribution in [0.1, 0.15) is 14.2 Å². The van der Waals surface area contributed by atoms with E-state index in [2.05, 4.69) is 4.98 Å². The van der Waals surface area contributed by atoms with Crippen molar-refractivity contribution in [2.24, 2.45) is 5.73 Å². The lowest BCUT2D eigenvalue weighted by Crippen LogP contribution is -2.28. The largest absolute Gasteiger partial charge is 0.330 e. The fraction of sp³-hybridized carbons (Fsp3) is 0.500. The van der Waals surface area contributed by atoms with E-state index in [1.165, 1.54) is 10.8 Å². The number of hydrogen-bond acceptors (Lipinski definition) is 3. The van der Waals surface area contributed by atoms with Crippen LogP contribution in [0.5, 0.6) is 0 Å². The molecule has 0 saturated carbocycles. The van der Waals surface area contributed by atoms with Crippen LogP contribution in [-0.4, -0.2) is 16.1 Å². The summed E-state index contributed by atoms with van der Waals surface area (Å²) in [7, 11) is 0. The number of aromatic amines is 1. The molecule has 1 aromatic rings. The molecular formula is C8H13N3O2. The Hall–Kier alpha value is -1.36. The molecule has 0 spiro atoms. The van der Waals surface area contributed by atoms with Gasteiger partial charge in [-0.3, -0.25) is 9.78 Å². The van der Waals surface area contributed by atoms with Crippen LogP contribution in [0.15, 0.2) is 21.8 Å². The first kappa shape index (κ1) is 8.25. The monoisotopic (exact) mass is 184 g/mol. The molecule has 0 aliphatic carbocycles. The minimum atomic E-state index is -0.648. The van der Waals surface area contributed by atoms with Gasteiger partial charge in [-0.1, -0.05) is 0 Å². The Morgan fingerprint density at radius 1 is 1.54 bits per heavy atom. The van der Waals surface area contributed by atoms with Crippen molar-refractivity contribution < 1.29 is 1.37 Å². The van der Waals surface area contributed by atoms with Crippen molar-refractivity contribution in [2.45, 2.75) is 19.4 Å². The van der Waals surface area contributed by atoms with Crippen LogP contribution in [0.4, 0.5) is 0 Å². The highest BCUT2D eigenvalue weighted by Gasteiger charge is 1.94. The first-order valence-electron chi connectivity index (χ1n) is 4.65. The summed E-state index contributed by atoms with van der Waals surface area (Å²) in [5.74, 6) is 0. The first-order chi connectivity index (χ1) is 6.65. The second-order valence-electron chi connectivity index (χ2n) is 2.72. The van der Waals surface area contributed by atoms with Crippen molar-refractivity contribution in [1.29, 1.82) is 0 Å². The fourth-order valence-corrected chi connectivity index (χ4v) is 0.993. The molecule has 0 unspecified atom stereocenters. The van der Waals surface area contributed by atoms with Crippen molar-refractivity contribution in [2.75, 3.05) is 6.54 Å². The molecule has 0 fully saturated rings. The van der Waals surface area contributed by atoms with E-state index in [1.807, 2.05) is 0 Å². The molecule has 0 saturated heterocycles. The van der Waals surface area contributed by atoms with Gasteiger partial charge in [0.05, 0.1) is 1.37 Å². The summed E-state index contributed by atoms with van der Waals surface area (Å²) >= 11 is 0. The van der Waals surface area contributed by atoms with E-state index < -0.39 is 11.2 Å². The van der Waals surface area contributed by atoms with E-state index in [4.69, 9.17) is 7.10 Å². The van der Waals surface area contributed by atoms with Crippen LogP contribution in [0.3, 0.4) is 0 Å². The second kappa shape index (κ2) is 4.61. The number of rotatable bonds is 4. The van der Waals surface area contributed by atoms with Crippen molar-refractivity contribution in [3.05, 3.63) is 33.1 Å². The Morgan fingerprint density at radius 2 is 2.31 bits per heavy atom. The molecule has 0 radical (unpaired) electrons. The third-order valence-electron chi connectivity index (χ3n) is 1.69. The third kappa shape index (κ3) is 2.87. The van der Waals surface area contributed by atoms with E-state index >= 15 is 0 Å². The smallest absolute Gasteiger partial charge is 0.328 e. The zero-order valence-electron chi connectivity index (χ0n) is 8.25. The van der Waals surface area contributed by atoms with Crippen molar-refractivity contribution >= 4 is 0 Å². The lowest BCUT2D eigenvalue weighted by atomic mass is 10.3. The molecule has 5 heteroatoms. The van der Waals surface area contributed by atoms with E-state index in [1.54, 1.807) is 0 Å². The number of H-pyrrole nitrogens is 1. The average molecular weight is 184 g/mol. The second-order valence-corrected chi connectivity index (χ2v) is 2.72. The molecule has 1 heterocycles. The summed E-state index contributed by atoms with van der Waals surface area (Å²) in [5, 5.41) is 0. The molecule has 0 aliphatic heterocycles. The molecule has 1 aromatic heterocycles. The fourth-order valence-electron chi connectivity index (χ4n) is 0.993. The van der Waals surface area contributed by atoms with Crippen LogP contribution in [0, 0.1) is 0 Å². The standard InChI is InChI=1S/C8H13N3O2/c9-4-1-2-5-11-6-3-7(12)10-8(11)13/h3,6H,1-2,4-5,9H2,(H,10,12,13)/i3D. The molecule has 0 aromatic carbocycles. The Kier molecular flexibility index (Phi) is 2.93. The normalized spacial score (nSPS) is 11.3. The molecule has 0 aliphatic rings. The minimum Gasteiger partial charge on any atom is -0.330 e. The third-order valence-corrected chi connectivity index (χ3v) is 1.69. The molecule has 0 atom stereocenters. The summed E-state index contributed by atoms with van der Waals surface area (Å²) in [6.07, 6.45) is 2.83. The maximum atomic E-state index is 11.2.